The minimum absolute atomic E-state index is 0.0788. The van der Waals surface area contributed by atoms with Crippen molar-refractivity contribution in [3.05, 3.63) is 35.9 Å². The fourth-order valence-electron chi connectivity index (χ4n) is 3.48. The zero-order valence-corrected chi connectivity index (χ0v) is 15.3. The van der Waals surface area contributed by atoms with E-state index in [0.29, 0.717) is 31.4 Å². The molecular formula is C19H28N4O4. The molecule has 1 fully saturated rings. The monoisotopic (exact) mass is 376 g/mol. The van der Waals surface area contributed by atoms with E-state index in [1.54, 1.807) is 30.3 Å². The van der Waals surface area contributed by atoms with Gasteiger partial charge in [-0.25, -0.2) is 4.79 Å². The normalized spacial score (nSPS) is 23.7. The van der Waals surface area contributed by atoms with Crippen LogP contribution in [-0.2, 0) is 9.59 Å². The molecule has 3 unspecified atom stereocenters. The minimum atomic E-state index is -1.95. The zero-order chi connectivity index (χ0) is 20.0. The number of nitrogens with two attached hydrogens (primary N) is 3. The minimum Gasteiger partial charge on any atom is -0.478 e. The number of ketones is 1. The van der Waals surface area contributed by atoms with Crippen LogP contribution in [0.25, 0.3) is 0 Å². The van der Waals surface area contributed by atoms with Crippen LogP contribution in [0.5, 0.6) is 0 Å². The molecule has 0 aliphatic carbocycles. The lowest BCUT2D eigenvalue weighted by Gasteiger charge is -2.44. The summed E-state index contributed by atoms with van der Waals surface area (Å²) in [6, 6.07) is 7.84. The number of nitrogens with zero attached hydrogens (tertiary/aromatic N) is 1. The molecule has 0 bridgehead atoms. The molecule has 3 atom stereocenters. The number of hydrogen-bond donors (Lipinski definition) is 4. The second-order valence-electron chi connectivity index (χ2n) is 7.03. The standard InChI is InChI=1S/C19H28N4O4/c20-10-5-4-8-15(21)17(25)23-11-9-14(12-19(23,22)18(26)27)16(24)13-6-2-1-3-7-13/h1-3,6-7,14-15H,4-5,8-12,20-22H2,(H,26,27). The quantitative estimate of drug-likeness (QED) is 0.376. The molecule has 0 saturated carbocycles. The lowest BCUT2D eigenvalue weighted by atomic mass is 9.81. The number of aliphatic carboxylic acids is 1. The summed E-state index contributed by atoms with van der Waals surface area (Å²) in [6.07, 6.45) is 2.03. The molecule has 7 N–H and O–H groups in total. The van der Waals surface area contributed by atoms with Gasteiger partial charge in [0.1, 0.15) is 0 Å². The van der Waals surface area contributed by atoms with Gasteiger partial charge >= 0.3 is 5.97 Å². The van der Waals surface area contributed by atoms with Crippen molar-refractivity contribution in [2.24, 2.45) is 23.1 Å². The Morgan fingerprint density at radius 2 is 1.89 bits per heavy atom. The highest BCUT2D eigenvalue weighted by Crippen LogP contribution is 2.31. The predicted octanol–water partition coefficient (Wildman–Crippen LogP) is 0.304. The highest BCUT2D eigenvalue weighted by atomic mass is 16.4. The van der Waals surface area contributed by atoms with Crippen LogP contribution in [0.3, 0.4) is 0 Å². The third-order valence-electron chi connectivity index (χ3n) is 5.09. The van der Waals surface area contributed by atoms with E-state index in [4.69, 9.17) is 17.2 Å². The number of amides is 1. The molecular weight excluding hydrogens is 348 g/mol. The number of unbranched alkanes of at least 4 members (excludes halogenated alkanes) is 1. The van der Waals surface area contributed by atoms with Gasteiger partial charge in [-0.3, -0.25) is 15.3 Å². The van der Waals surface area contributed by atoms with E-state index < -0.39 is 29.5 Å². The number of benzene rings is 1. The molecule has 1 aliphatic rings. The van der Waals surface area contributed by atoms with Gasteiger partial charge in [0.05, 0.1) is 6.04 Å². The van der Waals surface area contributed by atoms with Crippen LogP contribution < -0.4 is 17.2 Å². The third-order valence-corrected chi connectivity index (χ3v) is 5.09. The van der Waals surface area contributed by atoms with Gasteiger partial charge in [0.25, 0.3) is 0 Å². The largest absolute Gasteiger partial charge is 0.478 e. The zero-order valence-electron chi connectivity index (χ0n) is 15.3. The van der Waals surface area contributed by atoms with Gasteiger partial charge < -0.3 is 21.5 Å². The van der Waals surface area contributed by atoms with E-state index in [2.05, 4.69) is 0 Å². The van der Waals surface area contributed by atoms with Crippen LogP contribution in [0, 0.1) is 5.92 Å². The number of carbonyl (C=O) groups excluding carboxylic acids is 2. The van der Waals surface area contributed by atoms with Crippen LogP contribution in [0.4, 0.5) is 0 Å². The number of carboxylic acids is 1. The highest BCUT2D eigenvalue weighted by Gasteiger charge is 2.50. The van der Waals surface area contributed by atoms with E-state index >= 15 is 0 Å². The van der Waals surface area contributed by atoms with Gasteiger partial charge in [-0.2, -0.15) is 0 Å². The van der Waals surface area contributed by atoms with Gasteiger partial charge in [0, 0.05) is 24.4 Å². The van der Waals surface area contributed by atoms with Gasteiger partial charge in [-0.1, -0.05) is 36.8 Å². The van der Waals surface area contributed by atoms with Gasteiger partial charge in [0.2, 0.25) is 5.91 Å². The maximum absolute atomic E-state index is 12.7. The summed E-state index contributed by atoms with van der Waals surface area (Å²) >= 11 is 0. The molecule has 27 heavy (non-hydrogen) atoms. The second kappa shape index (κ2) is 9.07. The van der Waals surface area contributed by atoms with E-state index in [0.717, 1.165) is 11.3 Å². The second-order valence-corrected chi connectivity index (χ2v) is 7.03. The van der Waals surface area contributed by atoms with Crippen molar-refractivity contribution in [2.45, 2.75) is 43.8 Å². The summed E-state index contributed by atoms with van der Waals surface area (Å²) in [5.41, 5.74) is 16.1. The first kappa shape index (κ1) is 21.0. The van der Waals surface area contributed by atoms with E-state index in [1.165, 1.54) is 0 Å². The molecule has 2 rings (SSSR count). The first-order valence-electron chi connectivity index (χ1n) is 9.20. The van der Waals surface area contributed by atoms with E-state index in [9.17, 15) is 19.5 Å². The van der Waals surface area contributed by atoms with Crippen LogP contribution in [-0.4, -0.2) is 52.5 Å². The number of Topliss-reactive ketones (excluding diaryl/α,β-unsaturated/α-hetero) is 1. The molecule has 1 aliphatic heterocycles. The maximum Gasteiger partial charge on any atom is 0.344 e. The Labute approximate surface area is 158 Å². The van der Waals surface area contributed by atoms with E-state index in [1.807, 2.05) is 0 Å². The number of rotatable bonds is 8. The average Bonchev–Trinajstić information content (AvgIpc) is 2.67. The van der Waals surface area contributed by atoms with Crippen molar-refractivity contribution < 1.29 is 19.5 Å². The third kappa shape index (κ3) is 4.71. The molecule has 1 saturated heterocycles. The Hall–Kier alpha value is -2.29. The first-order valence-corrected chi connectivity index (χ1v) is 9.20. The van der Waals surface area contributed by atoms with Crippen molar-refractivity contribution in [3.63, 3.8) is 0 Å². The Morgan fingerprint density at radius 3 is 2.48 bits per heavy atom. The van der Waals surface area contributed by atoms with Gasteiger partial charge in [-0.05, 0) is 25.8 Å². The SMILES string of the molecule is NCCCCC(N)C(=O)N1CCC(C(=O)c2ccccc2)CC1(N)C(=O)O. The number of piperidine rings is 1. The number of carboxylic acid groups (broad SMARTS) is 1. The molecule has 1 aromatic rings. The Kier molecular flexibility index (Phi) is 7.06. The summed E-state index contributed by atoms with van der Waals surface area (Å²) in [4.78, 5) is 38.4. The molecule has 148 valence electrons. The molecule has 1 aromatic carbocycles. The van der Waals surface area contributed by atoms with Crippen LogP contribution >= 0.6 is 0 Å². The van der Waals surface area contributed by atoms with Crippen molar-refractivity contribution >= 4 is 17.7 Å². The Bertz CT molecular complexity index is 682. The van der Waals surface area contributed by atoms with Crippen LogP contribution in [0.2, 0.25) is 0 Å². The lowest BCUT2D eigenvalue weighted by Crippen LogP contribution is -2.69. The van der Waals surface area contributed by atoms with E-state index in [-0.39, 0.29) is 18.7 Å². The van der Waals surface area contributed by atoms with Crippen molar-refractivity contribution in [3.8, 4) is 0 Å². The molecule has 1 amide bonds. The average molecular weight is 376 g/mol. The maximum atomic E-state index is 12.7. The van der Waals surface area contributed by atoms with Gasteiger partial charge in [-0.15, -0.1) is 0 Å². The number of carbonyl (C=O) groups is 3. The summed E-state index contributed by atoms with van der Waals surface area (Å²) in [5, 5.41) is 9.70. The van der Waals surface area contributed by atoms with Crippen LogP contribution in [0.15, 0.2) is 30.3 Å². The number of likely N-dealkylation sites (tertiary alicyclic amines) is 1. The van der Waals surface area contributed by atoms with Crippen molar-refractivity contribution in [1.82, 2.24) is 4.90 Å². The summed E-state index contributed by atoms with van der Waals surface area (Å²) in [6.45, 7) is 0.583. The molecule has 0 aromatic heterocycles. The van der Waals surface area contributed by atoms with Crippen LogP contribution in [0.1, 0.15) is 42.5 Å². The Balaban J connectivity index is 2.14. The summed E-state index contributed by atoms with van der Waals surface area (Å²) < 4.78 is 0. The topological polar surface area (TPSA) is 153 Å². The van der Waals surface area contributed by atoms with Crippen molar-refractivity contribution in [2.75, 3.05) is 13.1 Å². The molecule has 8 heteroatoms. The summed E-state index contributed by atoms with van der Waals surface area (Å²) in [7, 11) is 0. The number of hydrogen-bond acceptors (Lipinski definition) is 6. The predicted molar refractivity (Wildman–Crippen MR) is 101 cm³/mol. The fourth-order valence-corrected chi connectivity index (χ4v) is 3.48. The van der Waals surface area contributed by atoms with Gasteiger partial charge in [0.15, 0.2) is 11.4 Å². The summed E-state index contributed by atoms with van der Waals surface area (Å²) in [5.74, 6) is -2.56. The Morgan fingerprint density at radius 1 is 1.22 bits per heavy atom. The first-order chi connectivity index (χ1) is 12.8. The van der Waals surface area contributed by atoms with Crippen molar-refractivity contribution in [1.29, 1.82) is 0 Å². The molecule has 8 nitrogen and oxygen atoms in total. The fraction of sp³-hybridized carbons (Fsp3) is 0.526. The lowest BCUT2D eigenvalue weighted by molar-refractivity contribution is -0.163. The molecule has 1 heterocycles. The highest BCUT2D eigenvalue weighted by molar-refractivity contribution is 5.99. The smallest absolute Gasteiger partial charge is 0.344 e. The molecule has 0 spiro atoms. The molecule has 0 radical (unpaired) electrons.